The van der Waals surface area contributed by atoms with Crippen molar-refractivity contribution in [3.63, 3.8) is 0 Å². The van der Waals surface area contributed by atoms with E-state index in [1.807, 2.05) is 52.0 Å². The van der Waals surface area contributed by atoms with Crippen molar-refractivity contribution in [3.05, 3.63) is 59.7 Å². The second-order valence-corrected chi connectivity index (χ2v) is 10.3. The Morgan fingerprint density at radius 1 is 1.23 bits per heavy atom. The van der Waals surface area contributed by atoms with Gasteiger partial charge in [0.05, 0.1) is 18.0 Å². The van der Waals surface area contributed by atoms with Crippen LogP contribution >= 0.6 is 0 Å². The van der Waals surface area contributed by atoms with Gasteiger partial charge in [-0.25, -0.2) is 8.42 Å². The molecule has 6 nitrogen and oxygen atoms in total. The molecule has 0 spiro atoms. The number of fused-ring (bicyclic) bond motifs is 1. The number of nitrogens with zero attached hydrogens (tertiary/aromatic N) is 1. The smallest absolute Gasteiger partial charge is 0.244 e. The van der Waals surface area contributed by atoms with Gasteiger partial charge in [-0.1, -0.05) is 37.3 Å². The second-order valence-electron chi connectivity index (χ2n) is 8.49. The van der Waals surface area contributed by atoms with E-state index in [4.69, 9.17) is 4.74 Å². The Morgan fingerprint density at radius 2 is 1.90 bits per heavy atom. The molecule has 0 fully saturated rings. The van der Waals surface area contributed by atoms with Gasteiger partial charge in [-0.05, 0) is 51.0 Å². The Balaban J connectivity index is 1.93. The van der Waals surface area contributed by atoms with Gasteiger partial charge in [0.1, 0.15) is 17.4 Å². The molecule has 0 bridgehead atoms. The third kappa shape index (κ3) is 4.78. The summed E-state index contributed by atoms with van der Waals surface area (Å²) in [6, 6.07) is 13.6. The van der Waals surface area contributed by atoms with Crippen LogP contribution in [0.4, 0.5) is 5.69 Å². The lowest BCUT2D eigenvalue weighted by molar-refractivity contribution is -0.123. The summed E-state index contributed by atoms with van der Waals surface area (Å²) >= 11 is 0. The van der Waals surface area contributed by atoms with Gasteiger partial charge in [-0.15, -0.1) is 0 Å². The molecule has 2 aromatic carbocycles. The van der Waals surface area contributed by atoms with Crippen molar-refractivity contribution in [3.8, 4) is 5.75 Å². The van der Waals surface area contributed by atoms with Gasteiger partial charge in [0.25, 0.3) is 0 Å². The average Bonchev–Trinajstić information content (AvgIpc) is 2.64. The summed E-state index contributed by atoms with van der Waals surface area (Å²) in [6.07, 6.45) is 2.07. The first-order valence-electron chi connectivity index (χ1n) is 10.2. The number of benzene rings is 2. The van der Waals surface area contributed by atoms with Gasteiger partial charge in [-0.2, -0.15) is 0 Å². The van der Waals surface area contributed by atoms with Crippen LogP contribution in [0.25, 0.3) is 0 Å². The molecule has 2 atom stereocenters. The fraction of sp³-hybridized carbons (Fsp3) is 0.435. The van der Waals surface area contributed by atoms with Crippen LogP contribution in [0, 0.1) is 6.92 Å². The van der Waals surface area contributed by atoms with Crippen molar-refractivity contribution in [2.45, 2.75) is 58.2 Å². The van der Waals surface area contributed by atoms with Gasteiger partial charge in [0.2, 0.25) is 15.9 Å². The van der Waals surface area contributed by atoms with E-state index >= 15 is 0 Å². The third-order valence-electron chi connectivity index (χ3n) is 5.28. The average molecular weight is 431 g/mol. The third-order valence-corrected chi connectivity index (χ3v) is 6.46. The van der Waals surface area contributed by atoms with E-state index in [1.165, 1.54) is 4.31 Å². The number of carbonyl (C=O) groups is 1. The largest absolute Gasteiger partial charge is 0.487 e. The van der Waals surface area contributed by atoms with Gasteiger partial charge in [0, 0.05) is 12.0 Å². The second kappa shape index (κ2) is 8.30. The SMILES string of the molecule is CC[C@@H](C(=O)N[C@H]1CC(C)(C)Oc2cc(C)ccc21)N(c1ccccc1)S(C)(=O)=O. The molecule has 0 unspecified atom stereocenters. The number of amides is 1. The number of hydrogen-bond acceptors (Lipinski definition) is 4. The highest BCUT2D eigenvalue weighted by Gasteiger charge is 2.37. The van der Waals surface area contributed by atoms with Crippen LogP contribution in [0.5, 0.6) is 5.75 Å². The van der Waals surface area contributed by atoms with Gasteiger partial charge in [-0.3, -0.25) is 9.10 Å². The van der Waals surface area contributed by atoms with E-state index in [0.29, 0.717) is 18.5 Å². The van der Waals surface area contributed by atoms with Crippen LogP contribution < -0.4 is 14.4 Å². The highest BCUT2D eigenvalue weighted by atomic mass is 32.2. The highest BCUT2D eigenvalue weighted by molar-refractivity contribution is 7.92. The first-order chi connectivity index (χ1) is 14.0. The number of anilines is 1. The van der Waals surface area contributed by atoms with Crippen LogP contribution in [0.15, 0.2) is 48.5 Å². The molecule has 0 saturated heterocycles. The van der Waals surface area contributed by atoms with E-state index in [1.54, 1.807) is 24.3 Å². The topological polar surface area (TPSA) is 75.7 Å². The van der Waals surface area contributed by atoms with E-state index in [0.717, 1.165) is 23.1 Å². The molecule has 2 aromatic rings. The van der Waals surface area contributed by atoms with Crippen LogP contribution in [0.2, 0.25) is 0 Å². The zero-order valence-electron chi connectivity index (χ0n) is 18.2. The number of nitrogens with one attached hydrogen (secondary N) is 1. The number of hydrogen-bond donors (Lipinski definition) is 1. The summed E-state index contributed by atoms with van der Waals surface area (Å²) in [6.45, 7) is 7.79. The van der Waals surface area contributed by atoms with Gasteiger partial charge in [0.15, 0.2) is 0 Å². The Labute approximate surface area is 179 Å². The number of ether oxygens (including phenoxy) is 1. The monoisotopic (exact) mass is 430 g/mol. The van der Waals surface area contributed by atoms with Crippen molar-refractivity contribution in [2.75, 3.05) is 10.6 Å². The summed E-state index contributed by atoms with van der Waals surface area (Å²) in [5.74, 6) is 0.439. The number of rotatable bonds is 6. The maximum atomic E-state index is 13.3. The standard InChI is InChI=1S/C23H30N2O4S/c1-6-20(25(30(5,27)28)17-10-8-7-9-11-17)22(26)24-19-15-23(3,4)29-21-14-16(2)12-13-18(19)21/h7-14,19-20H,6,15H2,1-5H3,(H,24,26)/t19-,20-/m0/s1. The predicted molar refractivity (Wildman–Crippen MR) is 119 cm³/mol. The quantitative estimate of drug-likeness (QED) is 0.753. The van der Waals surface area contributed by atoms with E-state index in [9.17, 15) is 13.2 Å². The molecule has 1 amide bonds. The first kappa shape index (κ1) is 22.2. The molecule has 1 aliphatic rings. The predicted octanol–water partition coefficient (Wildman–Crippen LogP) is 3.96. The number of aryl methyl sites for hydroxylation is 1. The lowest BCUT2D eigenvalue weighted by Crippen LogP contribution is -2.51. The maximum absolute atomic E-state index is 13.3. The summed E-state index contributed by atoms with van der Waals surface area (Å²) in [4.78, 5) is 13.3. The van der Waals surface area contributed by atoms with Crippen molar-refractivity contribution >= 4 is 21.6 Å². The normalized spacial score (nSPS) is 18.6. The summed E-state index contributed by atoms with van der Waals surface area (Å²) < 4.78 is 32.5. The highest BCUT2D eigenvalue weighted by Crippen LogP contribution is 2.40. The Kier molecular flexibility index (Phi) is 6.13. The lowest BCUT2D eigenvalue weighted by Gasteiger charge is -2.39. The Bertz CT molecular complexity index is 1020. The fourth-order valence-corrected chi connectivity index (χ4v) is 5.20. The molecule has 0 radical (unpaired) electrons. The van der Waals surface area contributed by atoms with Gasteiger partial charge >= 0.3 is 0 Å². The van der Waals surface area contributed by atoms with Gasteiger partial charge < -0.3 is 10.1 Å². The minimum atomic E-state index is -3.66. The number of carbonyl (C=O) groups excluding carboxylic acids is 1. The molecule has 1 heterocycles. The van der Waals surface area contributed by atoms with Crippen molar-refractivity contribution in [1.82, 2.24) is 5.32 Å². The zero-order chi connectivity index (χ0) is 22.1. The molecule has 3 rings (SSSR count). The molecule has 0 aliphatic carbocycles. The summed E-state index contributed by atoms with van der Waals surface area (Å²) in [5, 5.41) is 3.10. The van der Waals surface area contributed by atoms with Crippen molar-refractivity contribution in [1.29, 1.82) is 0 Å². The van der Waals surface area contributed by atoms with Crippen LogP contribution in [0.1, 0.15) is 50.8 Å². The molecular formula is C23H30N2O4S. The fourth-order valence-electron chi connectivity index (χ4n) is 3.99. The van der Waals surface area contributed by atoms with E-state index in [2.05, 4.69) is 5.32 Å². The Hall–Kier alpha value is -2.54. The summed E-state index contributed by atoms with van der Waals surface area (Å²) in [7, 11) is -3.66. The van der Waals surface area contributed by atoms with E-state index < -0.39 is 21.7 Å². The molecule has 162 valence electrons. The minimum Gasteiger partial charge on any atom is -0.487 e. The minimum absolute atomic E-state index is 0.261. The molecule has 30 heavy (non-hydrogen) atoms. The van der Waals surface area contributed by atoms with Crippen molar-refractivity contribution < 1.29 is 17.9 Å². The molecule has 1 aliphatic heterocycles. The van der Waals surface area contributed by atoms with E-state index in [-0.39, 0.29) is 11.9 Å². The van der Waals surface area contributed by atoms with Crippen LogP contribution in [-0.4, -0.2) is 32.2 Å². The number of sulfonamides is 1. The molecular weight excluding hydrogens is 400 g/mol. The maximum Gasteiger partial charge on any atom is 0.244 e. The lowest BCUT2D eigenvalue weighted by atomic mass is 9.89. The zero-order valence-corrected chi connectivity index (χ0v) is 19.0. The van der Waals surface area contributed by atoms with Crippen LogP contribution in [-0.2, 0) is 14.8 Å². The summed E-state index contributed by atoms with van der Waals surface area (Å²) in [5.41, 5.74) is 2.02. The number of para-hydroxylation sites is 1. The van der Waals surface area contributed by atoms with Crippen molar-refractivity contribution in [2.24, 2.45) is 0 Å². The molecule has 0 saturated carbocycles. The Morgan fingerprint density at radius 3 is 2.50 bits per heavy atom. The van der Waals surface area contributed by atoms with Crippen LogP contribution in [0.3, 0.4) is 0 Å². The first-order valence-corrected chi connectivity index (χ1v) is 12.0. The molecule has 0 aromatic heterocycles. The molecule has 1 N–H and O–H groups in total. The molecule has 7 heteroatoms.